The first kappa shape index (κ1) is 15.0. The van der Waals surface area contributed by atoms with Crippen LogP contribution in [-0.4, -0.2) is 29.1 Å². The van der Waals surface area contributed by atoms with Gasteiger partial charge in [0.15, 0.2) is 0 Å². The molecule has 1 aromatic carbocycles. The number of hydrogen-bond acceptors (Lipinski definition) is 4. The van der Waals surface area contributed by atoms with Gasteiger partial charge in [0, 0.05) is 36.2 Å². The molecule has 0 aliphatic carbocycles. The highest BCUT2D eigenvalue weighted by Crippen LogP contribution is 2.11. The van der Waals surface area contributed by atoms with Gasteiger partial charge in [0.05, 0.1) is 6.61 Å². The number of aryl methyl sites for hydroxylation is 1. The predicted octanol–water partition coefficient (Wildman–Crippen LogP) is 1.72. The number of carbonyl (C=O) groups is 1. The van der Waals surface area contributed by atoms with Crippen molar-refractivity contribution in [1.82, 2.24) is 10.3 Å². The molecular formula is C16H19N3O2. The minimum atomic E-state index is -0.182. The second-order valence-electron chi connectivity index (χ2n) is 4.72. The molecule has 0 unspecified atom stereocenters. The SMILES string of the molecule is Cc1ccc(CNc2ccc(C(=O)NCCO)cc2)cn1. The number of nitrogens with zero attached hydrogens (tertiary/aromatic N) is 1. The highest BCUT2D eigenvalue weighted by Gasteiger charge is 2.04. The largest absolute Gasteiger partial charge is 0.395 e. The van der Waals surface area contributed by atoms with E-state index in [0.29, 0.717) is 12.1 Å². The molecule has 0 saturated carbocycles. The van der Waals surface area contributed by atoms with Crippen molar-refractivity contribution in [2.24, 2.45) is 0 Å². The number of carbonyl (C=O) groups excluding carboxylic acids is 1. The monoisotopic (exact) mass is 285 g/mol. The summed E-state index contributed by atoms with van der Waals surface area (Å²) < 4.78 is 0. The van der Waals surface area contributed by atoms with Crippen molar-refractivity contribution in [1.29, 1.82) is 0 Å². The van der Waals surface area contributed by atoms with Crippen LogP contribution in [0.2, 0.25) is 0 Å². The lowest BCUT2D eigenvalue weighted by atomic mass is 10.2. The maximum absolute atomic E-state index is 11.7. The molecule has 1 aromatic heterocycles. The number of anilines is 1. The molecule has 110 valence electrons. The number of rotatable bonds is 6. The Bertz CT molecular complexity index is 579. The van der Waals surface area contributed by atoms with E-state index >= 15 is 0 Å². The van der Waals surface area contributed by atoms with Gasteiger partial charge in [0.2, 0.25) is 0 Å². The van der Waals surface area contributed by atoms with Crippen LogP contribution in [0.25, 0.3) is 0 Å². The van der Waals surface area contributed by atoms with Crippen molar-refractivity contribution in [2.75, 3.05) is 18.5 Å². The van der Waals surface area contributed by atoms with Crippen LogP contribution < -0.4 is 10.6 Å². The molecule has 1 amide bonds. The highest BCUT2D eigenvalue weighted by molar-refractivity contribution is 5.94. The molecule has 0 fully saturated rings. The van der Waals surface area contributed by atoms with E-state index in [9.17, 15) is 4.79 Å². The van der Waals surface area contributed by atoms with Crippen LogP contribution in [0.15, 0.2) is 42.6 Å². The Labute approximate surface area is 124 Å². The second kappa shape index (κ2) is 7.40. The van der Waals surface area contributed by atoms with Crippen molar-refractivity contribution >= 4 is 11.6 Å². The van der Waals surface area contributed by atoms with E-state index < -0.39 is 0 Å². The number of aliphatic hydroxyl groups excluding tert-OH is 1. The van der Waals surface area contributed by atoms with Crippen LogP contribution in [-0.2, 0) is 6.54 Å². The molecule has 2 rings (SSSR count). The smallest absolute Gasteiger partial charge is 0.251 e. The molecule has 0 atom stereocenters. The van der Waals surface area contributed by atoms with Crippen molar-refractivity contribution < 1.29 is 9.90 Å². The molecule has 3 N–H and O–H groups in total. The van der Waals surface area contributed by atoms with Crippen molar-refractivity contribution in [3.05, 3.63) is 59.4 Å². The van der Waals surface area contributed by atoms with Crippen molar-refractivity contribution in [3.63, 3.8) is 0 Å². The normalized spacial score (nSPS) is 10.2. The van der Waals surface area contributed by atoms with E-state index in [1.807, 2.05) is 37.4 Å². The zero-order valence-corrected chi connectivity index (χ0v) is 12.0. The lowest BCUT2D eigenvalue weighted by Gasteiger charge is -2.08. The molecular weight excluding hydrogens is 266 g/mol. The lowest BCUT2D eigenvalue weighted by molar-refractivity contribution is 0.0945. The predicted molar refractivity (Wildman–Crippen MR) is 82.2 cm³/mol. The van der Waals surface area contributed by atoms with Gasteiger partial charge in [-0.1, -0.05) is 6.07 Å². The molecule has 5 nitrogen and oxygen atoms in total. The molecule has 0 saturated heterocycles. The van der Waals surface area contributed by atoms with Gasteiger partial charge in [-0.2, -0.15) is 0 Å². The summed E-state index contributed by atoms with van der Waals surface area (Å²) in [7, 11) is 0. The van der Waals surface area contributed by atoms with Crippen LogP contribution in [0.1, 0.15) is 21.6 Å². The van der Waals surface area contributed by atoms with E-state index in [4.69, 9.17) is 5.11 Å². The fourth-order valence-electron chi connectivity index (χ4n) is 1.82. The van der Waals surface area contributed by atoms with Crippen molar-refractivity contribution in [2.45, 2.75) is 13.5 Å². The Morgan fingerprint density at radius 1 is 1.19 bits per heavy atom. The van der Waals surface area contributed by atoms with Crippen molar-refractivity contribution in [3.8, 4) is 0 Å². The summed E-state index contributed by atoms with van der Waals surface area (Å²) in [6.07, 6.45) is 1.85. The fourth-order valence-corrected chi connectivity index (χ4v) is 1.82. The zero-order valence-electron chi connectivity index (χ0n) is 12.0. The van der Waals surface area contributed by atoms with Gasteiger partial charge in [-0.15, -0.1) is 0 Å². The quantitative estimate of drug-likeness (QED) is 0.755. The van der Waals surface area contributed by atoms with Crippen LogP contribution >= 0.6 is 0 Å². The van der Waals surface area contributed by atoms with Gasteiger partial charge < -0.3 is 15.7 Å². The summed E-state index contributed by atoms with van der Waals surface area (Å²) in [5.74, 6) is -0.182. The lowest BCUT2D eigenvalue weighted by Crippen LogP contribution is -2.26. The molecule has 0 radical (unpaired) electrons. The Morgan fingerprint density at radius 3 is 2.57 bits per heavy atom. The summed E-state index contributed by atoms with van der Waals surface area (Å²) in [6.45, 7) is 2.84. The molecule has 2 aromatic rings. The maximum atomic E-state index is 11.7. The molecule has 0 spiro atoms. The van der Waals surface area contributed by atoms with Crippen LogP contribution in [0.5, 0.6) is 0 Å². The van der Waals surface area contributed by atoms with Gasteiger partial charge in [0.25, 0.3) is 5.91 Å². The van der Waals surface area contributed by atoms with E-state index in [1.54, 1.807) is 12.1 Å². The van der Waals surface area contributed by atoms with Crippen LogP contribution in [0.4, 0.5) is 5.69 Å². The Kier molecular flexibility index (Phi) is 5.29. The molecule has 5 heteroatoms. The third kappa shape index (κ3) is 4.57. The minimum Gasteiger partial charge on any atom is -0.395 e. The van der Waals surface area contributed by atoms with Gasteiger partial charge in [0.1, 0.15) is 0 Å². The Balaban J connectivity index is 1.90. The average Bonchev–Trinajstić information content (AvgIpc) is 2.52. The number of amides is 1. The highest BCUT2D eigenvalue weighted by atomic mass is 16.3. The number of aromatic nitrogens is 1. The number of hydrogen-bond donors (Lipinski definition) is 3. The molecule has 0 bridgehead atoms. The van der Waals surface area contributed by atoms with E-state index in [-0.39, 0.29) is 19.1 Å². The maximum Gasteiger partial charge on any atom is 0.251 e. The third-order valence-corrected chi connectivity index (χ3v) is 3.01. The number of pyridine rings is 1. The Hall–Kier alpha value is -2.40. The second-order valence-corrected chi connectivity index (χ2v) is 4.72. The zero-order chi connectivity index (χ0) is 15.1. The summed E-state index contributed by atoms with van der Waals surface area (Å²) >= 11 is 0. The first-order valence-electron chi connectivity index (χ1n) is 6.83. The Morgan fingerprint density at radius 2 is 1.95 bits per heavy atom. The summed E-state index contributed by atoms with van der Waals surface area (Å²) in [5.41, 5.74) is 3.61. The van der Waals surface area contributed by atoms with Crippen LogP contribution in [0, 0.1) is 6.92 Å². The molecule has 1 heterocycles. The molecule has 0 aliphatic rings. The van der Waals surface area contributed by atoms with Gasteiger partial charge in [-0.25, -0.2) is 0 Å². The summed E-state index contributed by atoms with van der Waals surface area (Å²) in [4.78, 5) is 15.9. The molecule has 0 aliphatic heterocycles. The van der Waals surface area contributed by atoms with Gasteiger partial charge in [-0.05, 0) is 42.8 Å². The summed E-state index contributed by atoms with van der Waals surface area (Å²) in [6, 6.07) is 11.2. The number of benzene rings is 1. The first-order chi connectivity index (χ1) is 10.2. The standard InChI is InChI=1S/C16H19N3O2/c1-12-2-3-13(10-18-12)11-19-15-6-4-14(5-7-15)16(21)17-8-9-20/h2-7,10,19-20H,8-9,11H2,1H3,(H,17,21). The number of aliphatic hydroxyl groups is 1. The fraction of sp³-hybridized carbons (Fsp3) is 0.250. The van der Waals surface area contributed by atoms with Gasteiger partial charge >= 0.3 is 0 Å². The van der Waals surface area contributed by atoms with E-state index in [1.165, 1.54) is 0 Å². The third-order valence-electron chi connectivity index (χ3n) is 3.01. The van der Waals surface area contributed by atoms with Crippen LogP contribution in [0.3, 0.4) is 0 Å². The van der Waals surface area contributed by atoms with E-state index in [0.717, 1.165) is 16.9 Å². The van der Waals surface area contributed by atoms with Gasteiger partial charge in [-0.3, -0.25) is 9.78 Å². The topological polar surface area (TPSA) is 74.2 Å². The summed E-state index contributed by atoms with van der Waals surface area (Å²) in [5, 5.41) is 14.6. The first-order valence-corrected chi connectivity index (χ1v) is 6.83. The average molecular weight is 285 g/mol. The van der Waals surface area contributed by atoms with E-state index in [2.05, 4.69) is 15.6 Å². The number of nitrogens with one attached hydrogen (secondary N) is 2. The minimum absolute atomic E-state index is 0.0596. The molecule has 21 heavy (non-hydrogen) atoms.